The number of rotatable bonds is 3. The monoisotopic (exact) mass is 361 g/mol. The molecule has 0 unspecified atom stereocenters. The third kappa shape index (κ3) is 2.28. The van der Waals surface area contributed by atoms with Gasteiger partial charge < -0.3 is 18.8 Å². The van der Waals surface area contributed by atoms with E-state index in [-0.39, 0.29) is 18.2 Å². The summed E-state index contributed by atoms with van der Waals surface area (Å²) < 4.78 is 14.3. The van der Waals surface area contributed by atoms with Gasteiger partial charge in [0.25, 0.3) is 0 Å². The molecule has 2 aromatic heterocycles. The minimum Gasteiger partial charge on any atom is -0.343 e. The van der Waals surface area contributed by atoms with Gasteiger partial charge in [-0.25, -0.2) is 9.97 Å². The number of halogens is 1. The number of aldehydes is 1. The van der Waals surface area contributed by atoms with Gasteiger partial charge in [0, 0.05) is 5.69 Å². The number of hydrogen-bond donors (Lipinski definition) is 0. The van der Waals surface area contributed by atoms with Crippen LogP contribution in [0.5, 0.6) is 0 Å². The lowest BCUT2D eigenvalue weighted by Gasteiger charge is -2.28. The van der Waals surface area contributed by atoms with Crippen molar-refractivity contribution >= 4 is 28.9 Å². The Labute approximate surface area is 150 Å². The Balaban J connectivity index is 1.89. The van der Waals surface area contributed by atoms with Crippen molar-refractivity contribution in [1.29, 1.82) is 0 Å². The van der Waals surface area contributed by atoms with Gasteiger partial charge in [0.15, 0.2) is 5.79 Å². The molecule has 0 spiro atoms. The van der Waals surface area contributed by atoms with Gasteiger partial charge in [-0.2, -0.15) is 0 Å². The molecule has 4 atom stereocenters. The largest absolute Gasteiger partial charge is 0.343 e. The van der Waals surface area contributed by atoms with Crippen LogP contribution in [0.4, 0.5) is 0 Å². The third-order valence-corrected chi connectivity index (χ3v) is 5.61. The highest BCUT2D eigenvalue weighted by Crippen LogP contribution is 2.54. The van der Waals surface area contributed by atoms with Crippen LogP contribution in [-0.2, 0) is 14.3 Å². The molecular formula is C18H20ClN3O3. The smallest absolute Gasteiger partial charge is 0.163 e. The van der Waals surface area contributed by atoms with E-state index in [4.69, 9.17) is 21.1 Å². The molecule has 132 valence electrons. The maximum absolute atomic E-state index is 12.0. The molecule has 0 amide bonds. The quantitative estimate of drug-likeness (QED) is 0.477. The molecule has 4 rings (SSSR count). The molecule has 0 N–H and O–H groups in total. The molecule has 2 fully saturated rings. The van der Waals surface area contributed by atoms with Crippen molar-refractivity contribution in [1.82, 2.24) is 14.5 Å². The third-order valence-electron chi connectivity index (χ3n) is 5.31. The molecule has 1 aliphatic heterocycles. The van der Waals surface area contributed by atoms with Crippen LogP contribution in [0.3, 0.4) is 0 Å². The first-order valence-corrected chi connectivity index (χ1v) is 8.63. The van der Waals surface area contributed by atoms with Crippen LogP contribution in [-0.4, -0.2) is 38.8 Å². The number of aromatic nitrogens is 3. The number of hydrogen-bond acceptors (Lipinski definition) is 5. The summed E-state index contributed by atoms with van der Waals surface area (Å²) in [6.07, 6.45) is 3.95. The van der Waals surface area contributed by atoms with E-state index >= 15 is 0 Å². The predicted octanol–water partition coefficient (Wildman–Crippen LogP) is 3.23. The molecular weight excluding hydrogens is 342 g/mol. The van der Waals surface area contributed by atoms with Crippen molar-refractivity contribution < 1.29 is 14.3 Å². The van der Waals surface area contributed by atoms with E-state index in [2.05, 4.69) is 21.1 Å². The number of carbonyl (C=O) groups excluding carboxylic acids is 1. The maximum Gasteiger partial charge on any atom is 0.163 e. The van der Waals surface area contributed by atoms with Crippen molar-refractivity contribution in [3.8, 4) is 0 Å². The first kappa shape index (κ1) is 16.7. The number of fused-ring (bicyclic) bond motifs is 2. The molecule has 0 bridgehead atoms. The van der Waals surface area contributed by atoms with E-state index in [0.29, 0.717) is 11.6 Å². The van der Waals surface area contributed by atoms with E-state index in [0.717, 1.165) is 23.0 Å². The second kappa shape index (κ2) is 5.37. The molecule has 25 heavy (non-hydrogen) atoms. The van der Waals surface area contributed by atoms with Gasteiger partial charge in [-0.15, -0.1) is 6.58 Å². The van der Waals surface area contributed by atoms with Crippen LogP contribution >= 0.6 is 11.6 Å². The van der Waals surface area contributed by atoms with Gasteiger partial charge in [0.1, 0.15) is 35.6 Å². The van der Waals surface area contributed by atoms with E-state index < -0.39 is 11.2 Å². The average Bonchev–Trinajstić information content (AvgIpc) is 3.15. The number of ether oxygens (including phenoxy) is 2. The zero-order chi connectivity index (χ0) is 18.0. The number of aryl methyl sites for hydroxylation is 1. The van der Waals surface area contributed by atoms with Crippen molar-refractivity contribution in [2.75, 3.05) is 0 Å². The highest BCUT2D eigenvalue weighted by atomic mass is 35.5. The summed E-state index contributed by atoms with van der Waals surface area (Å²) in [5.41, 5.74) is 0.934. The lowest BCUT2D eigenvalue weighted by atomic mass is 9.85. The molecule has 6 nitrogen and oxygen atoms in total. The Morgan fingerprint density at radius 3 is 2.84 bits per heavy atom. The standard InChI is InChI=1S/C18H20ClN3O3/c1-5-18(8-23)7-12(13-14(18)25-17(3,4)24-13)22-10(2)6-11-15(19)20-9-21-16(11)22/h5-6,8-9,12-14H,1,7H2,2-4H3/t12-,13+,14+,18-/m1/s1. The fourth-order valence-corrected chi connectivity index (χ4v) is 4.41. The van der Waals surface area contributed by atoms with Crippen LogP contribution in [0.25, 0.3) is 11.0 Å². The van der Waals surface area contributed by atoms with Crippen molar-refractivity contribution in [2.24, 2.45) is 5.41 Å². The van der Waals surface area contributed by atoms with Crippen molar-refractivity contribution in [3.63, 3.8) is 0 Å². The van der Waals surface area contributed by atoms with Crippen LogP contribution in [0.15, 0.2) is 25.0 Å². The fraction of sp³-hybridized carbons (Fsp3) is 0.500. The van der Waals surface area contributed by atoms with Gasteiger partial charge in [-0.3, -0.25) is 0 Å². The Morgan fingerprint density at radius 1 is 1.40 bits per heavy atom. The highest BCUT2D eigenvalue weighted by Gasteiger charge is 2.61. The summed E-state index contributed by atoms with van der Waals surface area (Å²) >= 11 is 6.22. The average molecular weight is 362 g/mol. The van der Waals surface area contributed by atoms with E-state index in [9.17, 15) is 4.79 Å². The topological polar surface area (TPSA) is 66.2 Å². The highest BCUT2D eigenvalue weighted by molar-refractivity contribution is 6.33. The van der Waals surface area contributed by atoms with Gasteiger partial charge in [0.05, 0.1) is 16.8 Å². The molecule has 1 saturated heterocycles. The van der Waals surface area contributed by atoms with Crippen LogP contribution in [0, 0.1) is 12.3 Å². The Kier molecular flexibility index (Phi) is 3.58. The summed E-state index contributed by atoms with van der Waals surface area (Å²) in [4.78, 5) is 20.4. The minimum absolute atomic E-state index is 0.113. The lowest BCUT2D eigenvalue weighted by molar-refractivity contribution is -0.165. The minimum atomic E-state index is -0.789. The fourth-order valence-electron chi connectivity index (χ4n) is 4.23. The molecule has 0 radical (unpaired) electrons. The summed E-state index contributed by atoms with van der Waals surface area (Å²) in [5, 5.41) is 1.20. The first-order chi connectivity index (χ1) is 11.8. The zero-order valence-electron chi connectivity index (χ0n) is 14.4. The first-order valence-electron chi connectivity index (χ1n) is 8.25. The van der Waals surface area contributed by atoms with Crippen molar-refractivity contribution in [2.45, 2.75) is 51.2 Å². The molecule has 0 aromatic carbocycles. The zero-order valence-corrected chi connectivity index (χ0v) is 15.2. The van der Waals surface area contributed by atoms with E-state index in [1.807, 2.05) is 26.8 Å². The van der Waals surface area contributed by atoms with E-state index in [1.165, 1.54) is 6.33 Å². The number of carbonyl (C=O) groups is 1. The SMILES string of the molecule is C=C[C@]1(C=O)C[C@@H](n2c(C)cc3c(Cl)ncnc32)[C@@H]2OC(C)(C)O[C@@H]21. The van der Waals surface area contributed by atoms with Crippen LogP contribution < -0.4 is 0 Å². The summed E-state index contributed by atoms with van der Waals surface area (Å²) in [5.74, 6) is -0.755. The number of nitrogens with zero attached hydrogens (tertiary/aromatic N) is 3. The normalized spacial score (nSPS) is 33.5. The maximum atomic E-state index is 12.0. The Bertz CT molecular complexity index is 868. The van der Waals surface area contributed by atoms with Gasteiger partial charge >= 0.3 is 0 Å². The summed E-state index contributed by atoms with van der Waals surface area (Å²) in [7, 11) is 0. The Morgan fingerprint density at radius 2 is 2.16 bits per heavy atom. The second-order valence-corrected chi connectivity index (χ2v) is 7.64. The van der Waals surface area contributed by atoms with Gasteiger partial charge in [-0.1, -0.05) is 17.7 Å². The van der Waals surface area contributed by atoms with E-state index in [1.54, 1.807) is 6.08 Å². The molecule has 7 heteroatoms. The van der Waals surface area contributed by atoms with Crippen molar-refractivity contribution in [3.05, 3.63) is 35.9 Å². The Hall–Kier alpha value is -1.76. The molecule has 1 aliphatic carbocycles. The lowest BCUT2D eigenvalue weighted by Crippen LogP contribution is -2.35. The summed E-state index contributed by atoms with van der Waals surface area (Å²) in [6, 6.07) is 1.85. The molecule has 1 saturated carbocycles. The van der Waals surface area contributed by atoms with Gasteiger partial charge in [-0.05, 0) is 33.3 Å². The predicted molar refractivity (Wildman–Crippen MR) is 93.4 cm³/mol. The van der Waals surface area contributed by atoms with Gasteiger partial charge in [0.2, 0.25) is 0 Å². The second-order valence-electron chi connectivity index (χ2n) is 7.28. The van der Waals surface area contributed by atoms with Crippen LogP contribution in [0.2, 0.25) is 5.15 Å². The summed E-state index contributed by atoms with van der Waals surface area (Å²) in [6.45, 7) is 9.60. The molecule has 2 aliphatic rings. The molecule has 3 heterocycles. The van der Waals surface area contributed by atoms with Crippen LogP contribution in [0.1, 0.15) is 32.0 Å². The molecule has 2 aromatic rings.